The number of benzene rings is 2. The van der Waals surface area contributed by atoms with Crippen LogP contribution in [0, 0.1) is 10.1 Å². The highest BCUT2D eigenvalue weighted by Crippen LogP contribution is 2.40. The van der Waals surface area contributed by atoms with Crippen molar-refractivity contribution in [2.75, 3.05) is 19.8 Å². The smallest absolute Gasteiger partial charge is 0.295 e. The Morgan fingerprint density at radius 2 is 1.44 bits per heavy atom. The van der Waals surface area contributed by atoms with E-state index in [1.54, 1.807) is 27.7 Å². The first-order valence-electron chi connectivity index (χ1n) is 13.3. The quantitative estimate of drug-likeness (QED) is 0.298. The molecule has 0 aromatic heterocycles. The highest BCUT2D eigenvalue weighted by atomic mass is 28.4. The van der Waals surface area contributed by atoms with Gasteiger partial charge in [0.2, 0.25) is 0 Å². The second-order valence-corrected chi connectivity index (χ2v) is 16.7. The Hall–Kier alpha value is -2.18. The third-order valence-electron chi connectivity index (χ3n) is 7.67. The number of nitro groups is 1. The number of aliphatic hydroxyl groups is 1. The van der Waals surface area contributed by atoms with Gasteiger partial charge in [0.05, 0.1) is 6.61 Å². The Balaban J connectivity index is 1.70. The molecule has 3 atom stereocenters. The Bertz CT molecular complexity index is 1090. The topological polar surface area (TPSA) is 110 Å². The predicted molar refractivity (Wildman–Crippen MR) is 149 cm³/mol. The SMILES string of the molecule is CC1(C)OCC([C@H](O)[C@@H]2OC(C)(C)O[C@H]2CO[Si](c2ccccc2)(c2ccccc2)C(C)(C)C)([N+](=O)[O-])CO1. The molecule has 214 valence electrons. The van der Waals surface area contributed by atoms with Gasteiger partial charge in [0.1, 0.15) is 25.4 Å². The number of aliphatic hydroxyl groups excluding tert-OH is 1. The zero-order chi connectivity index (χ0) is 28.7. The molecule has 0 bridgehead atoms. The number of hydrogen-bond acceptors (Lipinski definition) is 8. The molecule has 2 aliphatic rings. The van der Waals surface area contributed by atoms with Gasteiger partial charge in [-0.15, -0.1) is 0 Å². The lowest BCUT2D eigenvalue weighted by molar-refractivity contribution is -0.610. The fraction of sp³-hybridized carbons (Fsp3) is 0.586. The van der Waals surface area contributed by atoms with Crippen molar-refractivity contribution < 1.29 is 33.4 Å². The molecule has 0 unspecified atom stereocenters. The average molecular weight is 560 g/mol. The van der Waals surface area contributed by atoms with Crippen molar-refractivity contribution in [2.45, 2.75) is 88.9 Å². The third kappa shape index (κ3) is 5.69. The van der Waals surface area contributed by atoms with E-state index >= 15 is 0 Å². The van der Waals surface area contributed by atoms with Crippen molar-refractivity contribution in [3.05, 3.63) is 70.8 Å². The van der Waals surface area contributed by atoms with Crippen LogP contribution in [0.2, 0.25) is 5.04 Å². The first-order valence-corrected chi connectivity index (χ1v) is 15.3. The molecule has 0 amide bonds. The van der Waals surface area contributed by atoms with Crippen LogP contribution in [0.15, 0.2) is 60.7 Å². The molecule has 10 heteroatoms. The monoisotopic (exact) mass is 559 g/mol. The van der Waals surface area contributed by atoms with Crippen molar-refractivity contribution in [1.29, 1.82) is 0 Å². The van der Waals surface area contributed by atoms with E-state index < -0.39 is 48.7 Å². The molecule has 0 spiro atoms. The second-order valence-electron chi connectivity index (χ2n) is 12.4. The molecule has 2 heterocycles. The summed E-state index contributed by atoms with van der Waals surface area (Å²) in [6.07, 6.45) is -3.39. The molecule has 0 aliphatic carbocycles. The summed E-state index contributed by atoms with van der Waals surface area (Å²) >= 11 is 0. The van der Waals surface area contributed by atoms with E-state index in [0.717, 1.165) is 10.4 Å². The van der Waals surface area contributed by atoms with E-state index in [9.17, 15) is 15.2 Å². The lowest BCUT2D eigenvalue weighted by Crippen LogP contribution is -2.68. The second kappa shape index (κ2) is 10.7. The fourth-order valence-electron chi connectivity index (χ4n) is 5.60. The predicted octanol–water partition coefficient (Wildman–Crippen LogP) is 3.24. The van der Waals surface area contributed by atoms with Gasteiger partial charge in [-0.25, -0.2) is 0 Å². The van der Waals surface area contributed by atoms with Crippen LogP contribution in [-0.2, 0) is 23.4 Å². The van der Waals surface area contributed by atoms with E-state index in [4.69, 9.17) is 23.4 Å². The minimum absolute atomic E-state index is 0.0689. The largest absolute Gasteiger partial charge is 0.405 e. The van der Waals surface area contributed by atoms with E-state index in [2.05, 4.69) is 45.0 Å². The van der Waals surface area contributed by atoms with E-state index in [0.29, 0.717) is 0 Å². The van der Waals surface area contributed by atoms with Crippen LogP contribution in [0.4, 0.5) is 0 Å². The van der Waals surface area contributed by atoms with Gasteiger partial charge in [0.25, 0.3) is 13.9 Å². The van der Waals surface area contributed by atoms with Gasteiger partial charge in [-0.1, -0.05) is 81.4 Å². The van der Waals surface area contributed by atoms with Gasteiger partial charge in [-0.3, -0.25) is 10.1 Å². The molecular formula is C29H41NO8Si. The van der Waals surface area contributed by atoms with Crippen molar-refractivity contribution in [2.24, 2.45) is 0 Å². The third-order valence-corrected chi connectivity index (χ3v) is 12.7. The van der Waals surface area contributed by atoms with Crippen LogP contribution in [0.1, 0.15) is 48.5 Å². The van der Waals surface area contributed by atoms with Crippen LogP contribution >= 0.6 is 0 Å². The normalized spacial score (nSPS) is 25.2. The highest BCUT2D eigenvalue weighted by Gasteiger charge is 2.62. The number of nitrogens with zero attached hydrogens (tertiary/aromatic N) is 1. The first-order chi connectivity index (χ1) is 18.1. The Morgan fingerprint density at radius 1 is 0.949 bits per heavy atom. The Morgan fingerprint density at radius 3 is 1.87 bits per heavy atom. The van der Waals surface area contributed by atoms with Crippen LogP contribution in [0.5, 0.6) is 0 Å². The molecule has 0 radical (unpaired) electrons. The minimum Gasteiger partial charge on any atom is -0.405 e. The zero-order valence-corrected chi connectivity index (χ0v) is 24.9. The average Bonchev–Trinajstić information content (AvgIpc) is 3.19. The maximum Gasteiger partial charge on any atom is 0.295 e. The van der Waals surface area contributed by atoms with Gasteiger partial charge in [0.15, 0.2) is 17.7 Å². The maximum atomic E-state index is 12.3. The van der Waals surface area contributed by atoms with Gasteiger partial charge < -0.3 is 28.5 Å². The van der Waals surface area contributed by atoms with E-state index in [-0.39, 0.29) is 24.9 Å². The molecule has 0 saturated carbocycles. The minimum atomic E-state index is -2.93. The van der Waals surface area contributed by atoms with Crippen molar-refractivity contribution in [3.8, 4) is 0 Å². The summed E-state index contributed by atoms with van der Waals surface area (Å²) in [4.78, 5) is 11.8. The van der Waals surface area contributed by atoms with Gasteiger partial charge >= 0.3 is 0 Å². The Labute approximate surface area is 231 Å². The molecule has 1 N–H and O–H groups in total. The summed E-state index contributed by atoms with van der Waals surface area (Å²) in [5.41, 5.74) is -1.92. The summed E-state index contributed by atoms with van der Waals surface area (Å²) in [5, 5.41) is 25.8. The van der Waals surface area contributed by atoms with Crippen LogP contribution < -0.4 is 10.4 Å². The summed E-state index contributed by atoms with van der Waals surface area (Å²) in [5.74, 6) is -2.07. The summed E-state index contributed by atoms with van der Waals surface area (Å²) in [6.45, 7) is 12.7. The lowest BCUT2D eigenvalue weighted by atomic mass is 9.88. The maximum absolute atomic E-state index is 12.3. The zero-order valence-electron chi connectivity index (χ0n) is 23.9. The molecule has 2 aromatic carbocycles. The molecule has 9 nitrogen and oxygen atoms in total. The van der Waals surface area contributed by atoms with E-state index in [1.807, 2.05) is 36.4 Å². The highest BCUT2D eigenvalue weighted by molar-refractivity contribution is 6.99. The fourth-order valence-corrected chi connectivity index (χ4v) is 10.2. The first kappa shape index (κ1) is 29.8. The molecule has 2 aromatic rings. The number of rotatable bonds is 8. The lowest BCUT2D eigenvalue weighted by Gasteiger charge is -2.44. The molecule has 4 rings (SSSR count). The summed E-state index contributed by atoms with van der Waals surface area (Å²) in [6, 6.07) is 20.3. The van der Waals surface area contributed by atoms with Gasteiger partial charge in [-0.05, 0) is 43.1 Å². The van der Waals surface area contributed by atoms with Crippen LogP contribution in [-0.4, -0.2) is 73.6 Å². The van der Waals surface area contributed by atoms with Crippen molar-refractivity contribution in [3.63, 3.8) is 0 Å². The summed E-state index contributed by atoms with van der Waals surface area (Å²) < 4.78 is 30.7. The Kier molecular flexibility index (Phi) is 8.14. The van der Waals surface area contributed by atoms with Crippen LogP contribution in [0.25, 0.3) is 0 Å². The molecule has 2 saturated heterocycles. The summed E-state index contributed by atoms with van der Waals surface area (Å²) in [7, 11) is -2.93. The van der Waals surface area contributed by atoms with Crippen LogP contribution in [0.3, 0.4) is 0 Å². The van der Waals surface area contributed by atoms with Crippen molar-refractivity contribution in [1.82, 2.24) is 0 Å². The number of hydrogen-bond donors (Lipinski definition) is 1. The van der Waals surface area contributed by atoms with Gasteiger partial charge in [-0.2, -0.15) is 0 Å². The van der Waals surface area contributed by atoms with E-state index in [1.165, 1.54) is 0 Å². The van der Waals surface area contributed by atoms with Gasteiger partial charge in [0, 0.05) is 4.92 Å². The molecular weight excluding hydrogens is 518 g/mol. The molecule has 2 aliphatic heterocycles. The van der Waals surface area contributed by atoms with Crippen molar-refractivity contribution >= 4 is 18.7 Å². The standard InChI is InChI=1S/C29H41NO8Si/c1-26(2,3)39(21-14-10-8-11-15-21,22-16-12-9-13-17-22)36-18-23-24(38-28(6,7)37-23)25(31)29(30(32)33)19-34-27(4,5)35-20-29/h8-17,23-25,31H,18-20H2,1-7H3/t23-,24+,25+/m0/s1. The molecule has 2 fully saturated rings. The number of ether oxygens (including phenoxy) is 4. The molecule has 39 heavy (non-hydrogen) atoms.